The van der Waals surface area contributed by atoms with Crippen LogP contribution in [0.25, 0.3) is 0 Å². The van der Waals surface area contributed by atoms with Gasteiger partial charge in [0.05, 0.1) is 10.6 Å². The maximum atomic E-state index is 14.4. The Kier molecular flexibility index (Phi) is 10.8. The summed E-state index contributed by atoms with van der Waals surface area (Å²) in [5.41, 5.74) is 3.10. The molecule has 7 nitrogen and oxygen atoms in total. The van der Waals surface area contributed by atoms with Crippen LogP contribution in [0.2, 0.25) is 0 Å². The van der Waals surface area contributed by atoms with Crippen LogP contribution >= 0.6 is 22.6 Å². The molecule has 0 spiro atoms. The van der Waals surface area contributed by atoms with E-state index in [9.17, 15) is 18.0 Å². The van der Waals surface area contributed by atoms with E-state index >= 15 is 0 Å². The molecule has 4 aromatic carbocycles. The highest BCUT2D eigenvalue weighted by atomic mass is 127. The molecule has 0 radical (unpaired) electrons. The summed E-state index contributed by atoms with van der Waals surface area (Å²) >= 11 is 2.15. The van der Waals surface area contributed by atoms with Gasteiger partial charge in [-0.2, -0.15) is 0 Å². The fraction of sp³-hybridized carbons (Fsp3) is 0.212. The lowest BCUT2D eigenvalue weighted by Gasteiger charge is -2.34. The van der Waals surface area contributed by atoms with Gasteiger partial charge in [-0.05, 0) is 89.5 Å². The van der Waals surface area contributed by atoms with Crippen LogP contribution < -0.4 is 9.62 Å². The van der Waals surface area contributed by atoms with Crippen LogP contribution in [0.3, 0.4) is 0 Å². The number of hydrogen-bond acceptors (Lipinski definition) is 4. The smallest absolute Gasteiger partial charge is 0.264 e. The van der Waals surface area contributed by atoms with E-state index < -0.39 is 28.5 Å². The second-order valence-corrected chi connectivity index (χ2v) is 13.0. The quantitative estimate of drug-likeness (QED) is 0.197. The van der Waals surface area contributed by atoms with Gasteiger partial charge in [0.1, 0.15) is 12.6 Å². The van der Waals surface area contributed by atoms with E-state index in [1.165, 1.54) is 17.0 Å². The van der Waals surface area contributed by atoms with Crippen molar-refractivity contribution in [3.63, 3.8) is 0 Å². The highest BCUT2D eigenvalue weighted by molar-refractivity contribution is 14.1. The van der Waals surface area contributed by atoms with Crippen molar-refractivity contribution in [2.45, 2.75) is 37.8 Å². The minimum atomic E-state index is -4.11. The molecule has 1 unspecified atom stereocenters. The molecule has 42 heavy (non-hydrogen) atoms. The van der Waals surface area contributed by atoms with Gasteiger partial charge in [0, 0.05) is 23.1 Å². The average Bonchev–Trinajstić information content (AvgIpc) is 3.00. The number of carbonyl (C=O) groups excluding carboxylic acids is 2. The number of likely N-dealkylation sites (N-methyl/N-ethyl adjacent to an activating group) is 1. The molecule has 4 rings (SSSR count). The van der Waals surface area contributed by atoms with Crippen LogP contribution in [-0.4, -0.2) is 44.3 Å². The normalized spacial score (nSPS) is 11.9. The number of sulfonamides is 1. The molecule has 0 aliphatic rings. The summed E-state index contributed by atoms with van der Waals surface area (Å²) in [6.45, 7) is 3.85. The highest BCUT2D eigenvalue weighted by Gasteiger charge is 2.34. The molecule has 0 saturated heterocycles. The molecule has 0 bridgehead atoms. The first-order valence-corrected chi connectivity index (χ1v) is 16.2. The van der Waals surface area contributed by atoms with Crippen molar-refractivity contribution in [3.05, 3.63) is 129 Å². The number of rotatable bonds is 12. The predicted molar refractivity (Wildman–Crippen MR) is 174 cm³/mol. The number of benzene rings is 4. The molecule has 0 aliphatic heterocycles. The molecular weight excluding hydrogens is 661 g/mol. The SMILES string of the molecule is CCNC(=O)C(Cc1ccccc1)N(Cc1ccccc1C)C(=O)CN(c1ccc(I)cc1)S(=O)(=O)c1ccccc1. The largest absolute Gasteiger partial charge is 0.355 e. The summed E-state index contributed by atoms with van der Waals surface area (Å²) in [4.78, 5) is 29.5. The number of amides is 2. The second kappa shape index (κ2) is 14.5. The zero-order valence-electron chi connectivity index (χ0n) is 23.6. The Morgan fingerprint density at radius 3 is 2.05 bits per heavy atom. The third kappa shape index (κ3) is 7.77. The van der Waals surface area contributed by atoms with Gasteiger partial charge in [-0.1, -0.05) is 72.8 Å². The average molecular weight is 696 g/mol. The van der Waals surface area contributed by atoms with Crippen molar-refractivity contribution in [1.82, 2.24) is 10.2 Å². The first-order chi connectivity index (χ1) is 20.2. The van der Waals surface area contributed by atoms with Crippen molar-refractivity contribution >= 4 is 50.1 Å². The van der Waals surface area contributed by atoms with Crippen molar-refractivity contribution in [2.24, 2.45) is 0 Å². The van der Waals surface area contributed by atoms with Gasteiger partial charge >= 0.3 is 0 Å². The molecule has 0 fully saturated rings. The molecule has 2 amide bonds. The monoisotopic (exact) mass is 695 g/mol. The lowest BCUT2D eigenvalue weighted by Crippen LogP contribution is -2.53. The van der Waals surface area contributed by atoms with Gasteiger partial charge in [-0.15, -0.1) is 0 Å². The summed E-state index contributed by atoms with van der Waals surface area (Å²) in [7, 11) is -4.11. The first kappa shape index (κ1) is 31.2. The topological polar surface area (TPSA) is 86.8 Å². The Hall–Kier alpha value is -3.70. The van der Waals surface area contributed by atoms with E-state index in [1.807, 2.05) is 68.4 Å². The van der Waals surface area contributed by atoms with Gasteiger partial charge in [0.15, 0.2) is 0 Å². The third-order valence-electron chi connectivity index (χ3n) is 6.95. The molecule has 1 atom stereocenters. The standard InChI is InChI=1S/C33H34IN3O4S/c1-3-35-33(39)31(22-26-13-6-4-7-14-26)36(23-27-15-11-10-12-25(27)2)32(38)24-37(29-20-18-28(34)19-21-29)42(40,41)30-16-8-5-9-17-30/h4-21,31H,3,22-24H2,1-2H3,(H,35,39). The van der Waals surface area contributed by atoms with Crippen LogP contribution in [0.5, 0.6) is 0 Å². The molecule has 218 valence electrons. The van der Waals surface area contributed by atoms with Crippen molar-refractivity contribution < 1.29 is 18.0 Å². The molecule has 1 N–H and O–H groups in total. The number of anilines is 1. The van der Waals surface area contributed by atoms with Crippen LogP contribution in [0, 0.1) is 10.5 Å². The highest BCUT2D eigenvalue weighted by Crippen LogP contribution is 2.26. The summed E-state index contributed by atoms with van der Waals surface area (Å²) in [5, 5.41) is 2.88. The zero-order chi connectivity index (χ0) is 30.1. The van der Waals surface area contributed by atoms with Crippen molar-refractivity contribution in [3.8, 4) is 0 Å². The summed E-state index contributed by atoms with van der Waals surface area (Å²) in [6.07, 6.45) is 0.277. The van der Waals surface area contributed by atoms with E-state index in [0.29, 0.717) is 12.2 Å². The van der Waals surface area contributed by atoms with Crippen LogP contribution in [0.15, 0.2) is 114 Å². The Morgan fingerprint density at radius 2 is 1.43 bits per heavy atom. The molecule has 0 saturated carbocycles. The minimum absolute atomic E-state index is 0.0753. The first-order valence-electron chi connectivity index (χ1n) is 13.7. The third-order valence-corrected chi connectivity index (χ3v) is 9.46. The summed E-state index contributed by atoms with van der Waals surface area (Å²) in [5.74, 6) is -0.779. The minimum Gasteiger partial charge on any atom is -0.355 e. The van der Waals surface area contributed by atoms with E-state index in [0.717, 1.165) is 24.6 Å². The van der Waals surface area contributed by atoms with E-state index in [4.69, 9.17) is 0 Å². The van der Waals surface area contributed by atoms with Gasteiger partial charge in [0.2, 0.25) is 11.8 Å². The van der Waals surface area contributed by atoms with E-state index in [-0.39, 0.29) is 23.8 Å². The Labute approximate surface area is 261 Å². The Balaban J connectivity index is 1.79. The Bertz CT molecular complexity index is 1600. The van der Waals surface area contributed by atoms with Gasteiger partial charge in [0.25, 0.3) is 10.0 Å². The fourth-order valence-corrected chi connectivity index (χ4v) is 6.47. The Morgan fingerprint density at radius 1 is 0.833 bits per heavy atom. The maximum Gasteiger partial charge on any atom is 0.264 e. The summed E-state index contributed by atoms with van der Waals surface area (Å²) < 4.78 is 30.0. The van der Waals surface area contributed by atoms with Gasteiger partial charge in [-0.3, -0.25) is 13.9 Å². The molecule has 0 aromatic heterocycles. The number of nitrogens with one attached hydrogen (secondary N) is 1. The molecule has 0 aliphatic carbocycles. The zero-order valence-corrected chi connectivity index (χ0v) is 26.6. The van der Waals surface area contributed by atoms with Gasteiger partial charge in [-0.25, -0.2) is 8.42 Å². The van der Waals surface area contributed by atoms with Gasteiger partial charge < -0.3 is 10.2 Å². The number of aryl methyl sites for hydroxylation is 1. The van der Waals surface area contributed by atoms with E-state index in [1.54, 1.807) is 42.5 Å². The summed E-state index contributed by atoms with van der Waals surface area (Å²) in [6, 6.07) is 31.4. The number of nitrogens with zero attached hydrogens (tertiary/aromatic N) is 2. The molecule has 0 heterocycles. The number of carbonyl (C=O) groups is 2. The molecule has 9 heteroatoms. The van der Waals surface area contributed by atoms with E-state index in [2.05, 4.69) is 27.9 Å². The number of hydrogen-bond donors (Lipinski definition) is 1. The lowest BCUT2D eigenvalue weighted by molar-refractivity contribution is -0.140. The fourth-order valence-electron chi connectivity index (χ4n) is 4.67. The van der Waals surface area contributed by atoms with Crippen LogP contribution in [-0.2, 0) is 32.6 Å². The van der Waals surface area contributed by atoms with Crippen LogP contribution in [0.4, 0.5) is 5.69 Å². The molecular formula is C33H34IN3O4S. The van der Waals surface area contributed by atoms with Crippen LogP contribution in [0.1, 0.15) is 23.6 Å². The van der Waals surface area contributed by atoms with Crippen molar-refractivity contribution in [2.75, 3.05) is 17.4 Å². The lowest BCUT2D eigenvalue weighted by atomic mass is 10.0. The number of halogens is 1. The van der Waals surface area contributed by atoms with Crippen molar-refractivity contribution in [1.29, 1.82) is 0 Å². The predicted octanol–water partition coefficient (Wildman–Crippen LogP) is 5.57. The molecule has 4 aromatic rings. The maximum absolute atomic E-state index is 14.4. The second-order valence-electron chi connectivity index (χ2n) is 9.85.